The molecule has 0 saturated heterocycles. The molecule has 0 N–H and O–H groups in total. The van der Waals surface area contributed by atoms with Gasteiger partial charge in [-0.2, -0.15) is 5.01 Å². The van der Waals surface area contributed by atoms with Gasteiger partial charge in [-0.1, -0.05) is 11.6 Å². The van der Waals surface area contributed by atoms with E-state index >= 15 is 0 Å². The van der Waals surface area contributed by atoms with Crippen LogP contribution in [0.25, 0.3) is 0 Å². The summed E-state index contributed by atoms with van der Waals surface area (Å²) in [6.45, 7) is 1.15. The number of esters is 1. The summed E-state index contributed by atoms with van der Waals surface area (Å²) in [5.74, 6) is -1.16. The number of hydrogen-bond donors (Lipinski definition) is 0. The topological polar surface area (TPSA) is 85.3 Å². The summed E-state index contributed by atoms with van der Waals surface area (Å²) in [4.78, 5) is 33.4. The van der Waals surface area contributed by atoms with Gasteiger partial charge in [-0.15, -0.1) is 4.91 Å². The SMILES string of the molecule is COC(=O)c1cc(Cl)c(N(N=O)C(C)=O)cc1OC. The number of rotatable bonds is 4. The van der Waals surface area contributed by atoms with Crippen LogP contribution in [0.4, 0.5) is 5.69 Å². The van der Waals surface area contributed by atoms with Crippen molar-refractivity contribution in [1.29, 1.82) is 0 Å². The summed E-state index contributed by atoms with van der Waals surface area (Å²) in [7, 11) is 2.53. The molecule has 0 bridgehead atoms. The van der Waals surface area contributed by atoms with Gasteiger partial charge >= 0.3 is 5.97 Å². The summed E-state index contributed by atoms with van der Waals surface area (Å²) in [5, 5.41) is 3.12. The first kappa shape index (κ1) is 14.9. The van der Waals surface area contributed by atoms with Crippen LogP contribution in [-0.2, 0) is 9.53 Å². The van der Waals surface area contributed by atoms with Crippen molar-refractivity contribution in [3.63, 3.8) is 0 Å². The number of nitroso groups, excluding NO2 is 1. The highest BCUT2D eigenvalue weighted by Gasteiger charge is 2.22. The third-order valence-electron chi connectivity index (χ3n) is 2.28. The van der Waals surface area contributed by atoms with Crippen LogP contribution in [0.15, 0.2) is 17.4 Å². The van der Waals surface area contributed by atoms with Gasteiger partial charge in [0.15, 0.2) is 0 Å². The van der Waals surface area contributed by atoms with Gasteiger partial charge in [0.1, 0.15) is 11.3 Å². The fraction of sp³-hybridized carbons (Fsp3) is 0.273. The molecule has 0 aliphatic heterocycles. The van der Waals surface area contributed by atoms with Crippen LogP contribution in [-0.4, -0.2) is 26.1 Å². The Morgan fingerprint density at radius 3 is 2.37 bits per heavy atom. The van der Waals surface area contributed by atoms with Gasteiger partial charge < -0.3 is 9.47 Å². The summed E-state index contributed by atoms with van der Waals surface area (Å²) < 4.78 is 9.56. The summed E-state index contributed by atoms with van der Waals surface area (Å²) in [6.07, 6.45) is 0. The van der Waals surface area contributed by atoms with Gasteiger partial charge in [0.25, 0.3) is 0 Å². The minimum absolute atomic E-state index is 0.00370. The van der Waals surface area contributed by atoms with E-state index in [9.17, 15) is 14.5 Å². The lowest BCUT2D eigenvalue weighted by Crippen LogP contribution is -2.22. The first-order chi connectivity index (χ1) is 8.96. The van der Waals surface area contributed by atoms with E-state index in [0.29, 0.717) is 5.01 Å². The van der Waals surface area contributed by atoms with Crippen molar-refractivity contribution >= 4 is 29.2 Å². The summed E-state index contributed by atoms with van der Waals surface area (Å²) in [5.41, 5.74) is 0.0989. The van der Waals surface area contributed by atoms with Crippen molar-refractivity contribution in [3.05, 3.63) is 27.6 Å². The van der Waals surface area contributed by atoms with E-state index in [0.717, 1.165) is 6.92 Å². The zero-order chi connectivity index (χ0) is 14.6. The van der Waals surface area contributed by atoms with Gasteiger partial charge in [-0.25, -0.2) is 4.79 Å². The van der Waals surface area contributed by atoms with Crippen molar-refractivity contribution in [2.45, 2.75) is 6.92 Å². The Morgan fingerprint density at radius 2 is 1.95 bits per heavy atom. The molecular weight excluding hydrogens is 276 g/mol. The third-order valence-corrected chi connectivity index (χ3v) is 2.59. The standard InChI is InChI=1S/C11H11ClN2O5/c1-6(15)14(13-17)9-5-10(18-2)7(4-8(9)12)11(16)19-3/h4-5H,1-3H3. The summed E-state index contributed by atoms with van der Waals surface area (Å²) in [6, 6.07) is 2.50. The molecule has 0 fully saturated rings. The molecule has 0 aliphatic rings. The molecule has 8 heteroatoms. The molecule has 0 radical (unpaired) electrons. The van der Waals surface area contributed by atoms with Crippen molar-refractivity contribution in [1.82, 2.24) is 0 Å². The predicted octanol–water partition coefficient (Wildman–Crippen LogP) is 2.17. The number of anilines is 1. The minimum Gasteiger partial charge on any atom is -0.496 e. The smallest absolute Gasteiger partial charge is 0.341 e. The Hall–Kier alpha value is -2.15. The van der Waals surface area contributed by atoms with E-state index in [-0.39, 0.29) is 22.0 Å². The molecule has 1 rings (SSSR count). The molecule has 19 heavy (non-hydrogen) atoms. The number of carbonyl (C=O) groups is 2. The second-order valence-electron chi connectivity index (χ2n) is 3.41. The van der Waals surface area contributed by atoms with E-state index in [4.69, 9.17) is 16.3 Å². The Labute approximate surface area is 114 Å². The highest BCUT2D eigenvalue weighted by Crippen LogP contribution is 2.34. The largest absolute Gasteiger partial charge is 0.496 e. The van der Waals surface area contributed by atoms with Gasteiger partial charge in [-0.3, -0.25) is 4.79 Å². The molecule has 0 saturated carbocycles. The second kappa shape index (κ2) is 6.14. The molecule has 0 aromatic heterocycles. The number of halogens is 1. The number of methoxy groups -OCH3 is 2. The number of amides is 1. The molecule has 0 spiro atoms. The molecule has 7 nitrogen and oxygen atoms in total. The normalized spacial score (nSPS) is 9.68. The average molecular weight is 287 g/mol. The van der Waals surface area contributed by atoms with Gasteiger partial charge in [0.05, 0.1) is 30.2 Å². The Kier molecular flexibility index (Phi) is 4.82. The lowest BCUT2D eigenvalue weighted by molar-refractivity contribution is -0.116. The zero-order valence-corrected chi connectivity index (χ0v) is 11.2. The van der Waals surface area contributed by atoms with Crippen LogP contribution in [0.5, 0.6) is 5.75 Å². The Bertz CT molecular complexity index is 532. The monoisotopic (exact) mass is 286 g/mol. The highest BCUT2D eigenvalue weighted by molar-refractivity contribution is 6.34. The van der Waals surface area contributed by atoms with Crippen LogP contribution in [0.2, 0.25) is 5.02 Å². The van der Waals surface area contributed by atoms with E-state index in [1.165, 1.54) is 26.4 Å². The molecule has 0 unspecified atom stereocenters. The van der Waals surface area contributed by atoms with Gasteiger partial charge in [-0.05, 0) is 6.07 Å². The predicted molar refractivity (Wildman–Crippen MR) is 68.3 cm³/mol. The maximum Gasteiger partial charge on any atom is 0.341 e. The third kappa shape index (κ3) is 3.00. The van der Waals surface area contributed by atoms with Gasteiger partial charge in [0, 0.05) is 13.0 Å². The molecule has 102 valence electrons. The Morgan fingerprint density at radius 1 is 1.32 bits per heavy atom. The fourth-order valence-electron chi connectivity index (χ4n) is 1.41. The van der Waals surface area contributed by atoms with Crippen molar-refractivity contribution in [2.75, 3.05) is 19.2 Å². The van der Waals surface area contributed by atoms with Crippen LogP contribution in [0.1, 0.15) is 17.3 Å². The van der Waals surface area contributed by atoms with Crippen molar-refractivity contribution in [2.24, 2.45) is 5.29 Å². The first-order valence-corrected chi connectivity index (χ1v) is 5.43. The number of hydrogen-bond acceptors (Lipinski definition) is 6. The van der Waals surface area contributed by atoms with Gasteiger partial charge in [0.2, 0.25) is 5.91 Å². The van der Waals surface area contributed by atoms with E-state index in [1.54, 1.807) is 0 Å². The number of nitrogens with zero attached hydrogens (tertiary/aromatic N) is 2. The molecule has 0 atom stereocenters. The van der Waals surface area contributed by atoms with Crippen molar-refractivity contribution < 1.29 is 19.1 Å². The van der Waals surface area contributed by atoms with Crippen molar-refractivity contribution in [3.8, 4) is 5.75 Å². The minimum atomic E-state index is -0.654. The van der Waals surface area contributed by atoms with Crippen LogP contribution in [0.3, 0.4) is 0 Å². The number of carbonyl (C=O) groups excluding carboxylic acids is 2. The number of benzene rings is 1. The fourth-order valence-corrected chi connectivity index (χ4v) is 1.66. The Balaban J connectivity index is 3.42. The number of ether oxygens (including phenoxy) is 2. The van der Waals surface area contributed by atoms with E-state index < -0.39 is 11.9 Å². The molecule has 1 aromatic rings. The van der Waals surface area contributed by atoms with E-state index in [2.05, 4.69) is 10.0 Å². The maximum absolute atomic E-state index is 11.5. The molecular formula is C11H11ClN2O5. The molecule has 1 amide bonds. The molecule has 0 heterocycles. The van der Waals surface area contributed by atoms with Crippen LogP contribution >= 0.6 is 11.6 Å². The first-order valence-electron chi connectivity index (χ1n) is 5.06. The lowest BCUT2D eigenvalue weighted by Gasteiger charge is -2.15. The van der Waals surface area contributed by atoms with Crippen LogP contribution in [0, 0.1) is 4.91 Å². The summed E-state index contributed by atoms with van der Waals surface area (Å²) >= 11 is 5.92. The highest BCUT2D eigenvalue weighted by atomic mass is 35.5. The second-order valence-corrected chi connectivity index (χ2v) is 3.82. The quantitative estimate of drug-likeness (QED) is 0.481. The van der Waals surface area contributed by atoms with Crippen LogP contribution < -0.4 is 9.75 Å². The molecule has 0 aliphatic carbocycles. The molecule has 1 aromatic carbocycles. The average Bonchev–Trinajstić information content (AvgIpc) is 2.39. The zero-order valence-electron chi connectivity index (χ0n) is 10.5. The maximum atomic E-state index is 11.5. The lowest BCUT2D eigenvalue weighted by atomic mass is 10.1. The van der Waals surface area contributed by atoms with E-state index in [1.807, 2.05) is 0 Å².